The summed E-state index contributed by atoms with van der Waals surface area (Å²) in [5.74, 6) is 0.301. The van der Waals surface area contributed by atoms with Crippen LogP contribution in [0, 0.1) is 25.2 Å². The minimum absolute atomic E-state index is 0.117. The van der Waals surface area contributed by atoms with Gasteiger partial charge in [0.2, 0.25) is 5.91 Å². The average Bonchev–Trinajstić information content (AvgIpc) is 2.91. The Morgan fingerprint density at radius 2 is 1.73 bits per heavy atom. The standard InChI is InChI=1S/C32H46ClN3O4/c1-23(2)32(6,7)31(38)40-22-36(26(5)37)29-21-27(14-13-24(29)3)39-20-9-8-15-34-16-18-35(19-17-34)28-12-10-11-25(4)30(28)33/h10-14,21,23H,8-9,15-20,22H2,1-7H3. The van der Waals surface area contributed by atoms with Crippen molar-refractivity contribution < 1.29 is 19.1 Å². The predicted octanol–water partition coefficient (Wildman–Crippen LogP) is 6.47. The zero-order valence-corrected chi connectivity index (χ0v) is 26.0. The van der Waals surface area contributed by atoms with Gasteiger partial charge in [0.15, 0.2) is 6.73 Å². The van der Waals surface area contributed by atoms with Crippen molar-refractivity contribution in [1.82, 2.24) is 4.90 Å². The van der Waals surface area contributed by atoms with E-state index in [0.717, 1.165) is 67.4 Å². The monoisotopic (exact) mass is 571 g/mol. The Balaban J connectivity index is 1.46. The van der Waals surface area contributed by atoms with E-state index in [1.54, 1.807) is 0 Å². The molecular weight excluding hydrogens is 526 g/mol. The van der Waals surface area contributed by atoms with Gasteiger partial charge >= 0.3 is 5.97 Å². The first-order valence-electron chi connectivity index (χ1n) is 14.3. The first-order chi connectivity index (χ1) is 18.9. The van der Waals surface area contributed by atoms with E-state index in [0.29, 0.717) is 18.0 Å². The second-order valence-electron chi connectivity index (χ2n) is 11.6. The molecule has 40 heavy (non-hydrogen) atoms. The Morgan fingerprint density at radius 3 is 2.38 bits per heavy atom. The number of anilines is 2. The third kappa shape index (κ3) is 8.14. The Hall–Kier alpha value is -2.77. The number of nitrogens with zero attached hydrogens (tertiary/aromatic N) is 3. The first kappa shape index (κ1) is 31.8. The minimum Gasteiger partial charge on any atom is -0.494 e. The van der Waals surface area contributed by atoms with E-state index in [1.165, 1.54) is 11.8 Å². The molecule has 0 spiro atoms. The molecule has 0 N–H and O–H groups in total. The molecule has 0 aromatic heterocycles. The lowest BCUT2D eigenvalue weighted by atomic mass is 9.81. The molecule has 1 aliphatic heterocycles. The molecule has 8 heteroatoms. The topological polar surface area (TPSA) is 62.3 Å². The van der Waals surface area contributed by atoms with Crippen LogP contribution in [0.1, 0.15) is 58.6 Å². The maximum atomic E-state index is 12.6. The number of benzene rings is 2. The number of halogens is 1. The number of aryl methyl sites for hydroxylation is 2. The number of piperazine rings is 1. The Bertz CT molecular complexity index is 1160. The molecule has 0 saturated carbocycles. The Kier molecular flexibility index (Phi) is 11.3. The number of rotatable bonds is 12. The van der Waals surface area contributed by atoms with Crippen molar-refractivity contribution in [2.24, 2.45) is 11.3 Å². The summed E-state index contributed by atoms with van der Waals surface area (Å²) >= 11 is 6.53. The van der Waals surface area contributed by atoms with E-state index in [4.69, 9.17) is 21.1 Å². The van der Waals surface area contributed by atoms with Crippen molar-refractivity contribution in [3.05, 3.63) is 52.5 Å². The van der Waals surface area contributed by atoms with Gasteiger partial charge < -0.3 is 14.4 Å². The Labute approximate surface area is 245 Å². The summed E-state index contributed by atoms with van der Waals surface area (Å²) < 4.78 is 11.6. The zero-order valence-electron chi connectivity index (χ0n) is 25.3. The summed E-state index contributed by atoms with van der Waals surface area (Å²) in [6.45, 7) is 18.6. The lowest BCUT2D eigenvalue weighted by Crippen LogP contribution is -2.46. The predicted molar refractivity (Wildman–Crippen MR) is 163 cm³/mol. The molecule has 0 bridgehead atoms. The van der Waals surface area contributed by atoms with E-state index < -0.39 is 5.41 Å². The second-order valence-corrected chi connectivity index (χ2v) is 12.0. The minimum atomic E-state index is -0.634. The highest BCUT2D eigenvalue weighted by atomic mass is 35.5. The molecule has 0 atom stereocenters. The molecule has 0 radical (unpaired) electrons. The van der Waals surface area contributed by atoms with Gasteiger partial charge in [-0.05, 0) is 76.3 Å². The number of hydrogen-bond donors (Lipinski definition) is 0. The van der Waals surface area contributed by atoms with Crippen LogP contribution in [0.3, 0.4) is 0 Å². The lowest BCUT2D eigenvalue weighted by molar-refractivity contribution is -0.156. The molecule has 220 valence electrons. The molecule has 3 rings (SSSR count). The average molecular weight is 572 g/mol. The van der Waals surface area contributed by atoms with Gasteiger partial charge in [-0.1, -0.05) is 43.6 Å². The summed E-state index contributed by atoms with van der Waals surface area (Å²) in [6.07, 6.45) is 1.98. The number of unbranched alkanes of at least 4 members (excludes halogenated alkanes) is 1. The third-order valence-electron chi connectivity index (χ3n) is 8.17. The van der Waals surface area contributed by atoms with Crippen LogP contribution >= 0.6 is 11.6 Å². The molecule has 7 nitrogen and oxygen atoms in total. The summed E-state index contributed by atoms with van der Waals surface area (Å²) in [5, 5.41) is 0.856. The second kappa shape index (κ2) is 14.2. The van der Waals surface area contributed by atoms with Crippen LogP contribution in [0.4, 0.5) is 11.4 Å². The van der Waals surface area contributed by atoms with Gasteiger partial charge in [0, 0.05) is 39.2 Å². The fourth-order valence-corrected chi connectivity index (χ4v) is 4.81. The Morgan fingerprint density at radius 1 is 1.02 bits per heavy atom. The summed E-state index contributed by atoms with van der Waals surface area (Å²) in [6, 6.07) is 11.9. The molecule has 1 aliphatic rings. The maximum absolute atomic E-state index is 12.6. The van der Waals surface area contributed by atoms with Crippen LogP contribution in [-0.4, -0.2) is 62.8 Å². The molecule has 1 amide bonds. The quantitative estimate of drug-likeness (QED) is 0.165. The van der Waals surface area contributed by atoms with Crippen LogP contribution in [0.5, 0.6) is 5.75 Å². The molecule has 1 heterocycles. The molecule has 2 aromatic carbocycles. The fourth-order valence-electron chi connectivity index (χ4n) is 4.56. The van der Waals surface area contributed by atoms with E-state index >= 15 is 0 Å². The third-order valence-corrected chi connectivity index (χ3v) is 8.66. The molecule has 1 fully saturated rings. The smallest absolute Gasteiger partial charge is 0.313 e. The summed E-state index contributed by atoms with van der Waals surface area (Å²) in [5.41, 5.74) is 3.21. The first-order valence-corrected chi connectivity index (χ1v) is 14.7. The number of carbonyl (C=O) groups is 2. The van der Waals surface area contributed by atoms with E-state index in [-0.39, 0.29) is 24.5 Å². The number of ether oxygens (including phenoxy) is 2. The van der Waals surface area contributed by atoms with Crippen molar-refractivity contribution >= 4 is 34.9 Å². The van der Waals surface area contributed by atoms with Crippen molar-refractivity contribution in [2.45, 2.75) is 61.3 Å². The molecule has 2 aromatic rings. The maximum Gasteiger partial charge on any atom is 0.313 e. The van der Waals surface area contributed by atoms with Gasteiger partial charge in [-0.3, -0.25) is 19.4 Å². The fraction of sp³-hybridized carbons (Fsp3) is 0.562. The van der Waals surface area contributed by atoms with Crippen LogP contribution < -0.4 is 14.5 Å². The van der Waals surface area contributed by atoms with E-state index in [1.807, 2.05) is 65.8 Å². The van der Waals surface area contributed by atoms with Crippen LogP contribution in [-0.2, 0) is 14.3 Å². The SMILES string of the molecule is CC(=O)N(COC(=O)C(C)(C)C(C)C)c1cc(OCCCCN2CCN(c3cccc(C)c3Cl)CC2)ccc1C. The highest BCUT2D eigenvalue weighted by Crippen LogP contribution is 2.31. The van der Waals surface area contributed by atoms with Crippen molar-refractivity contribution in [1.29, 1.82) is 0 Å². The van der Waals surface area contributed by atoms with Gasteiger partial charge in [0.25, 0.3) is 0 Å². The number of amides is 1. The van der Waals surface area contributed by atoms with Crippen molar-refractivity contribution in [2.75, 3.05) is 55.9 Å². The van der Waals surface area contributed by atoms with Gasteiger partial charge in [-0.2, -0.15) is 0 Å². The highest BCUT2D eigenvalue weighted by Gasteiger charge is 2.33. The van der Waals surface area contributed by atoms with Crippen LogP contribution in [0.15, 0.2) is 36.4 Å². The van der Waals surface area contributed by atoms with Gasteiger partial charge in [0.05, 0.1) is 28.4 Å². The lowest BCUT2D eigenvalue weighted by Gasteiger charge is -2.36. The van der Waals surface area contributed by atoms with Crippen LogP contribution in [0.25, 0.3) is 0 Å². The number of carbonyl (C=O) groups excluding carboxylic acids is 2. The van der Waals surface area contributed by atoms with Gasteiger partial charge in [-0.15, -0.1) is 0 Å². The summed E-state index contributed by atoms with van der Waals surface area (Å²) in [7, 11) is 0. The van der Waals surface area contributed by atoms with E-state index in [9.17, 15) is 9.59 Å². The van der Waals surface area contributed by atoms with Gasteiger partial charge in [-0.25, -0.2) is 0 Å². The van der Waals surface area contributed by atoms with E-state index in [2.05, 4.69) is 21.9 Å². The normalized spacial score (nSPS) is 14.4. The number of esters is 1. The van der Waals surface area contributed by atoms with Crippen molar-refractivity contribution in [3.8, 4) is 5.75 Å². The zero-order chi connectivity index (χ0) is 29.4. The summed E-state index contributed by atoms with van der Waals surface area (Å²) in [4.78, 5) is 31.5. The largest absolute Gasteiger partial charge is 0.494 e. The molecular formula is C32H46ClN3O4. The molecule has 0 aliphatic carbocycles. The van der Waals surface area contributed by atoms with Crippen LogP contribution in [0.2, 0.25) is 5.02 Å². The highest BCUT2D eigenvalue weighted by molar-refractivity contribution is 6.34. The van der Waals surface area contributed by atoms with Gasteiger partial charge in [0.1, 0.15) is 5.75 Å². The molecule has 0 unspecified atom stereocenters. The number of hydrogen-bond acceptors (Lipinski definition) is 6. The molecule has 1 saturated heterocycles. The van der Waals surface area contributed by atoms with Crippen molar-refractivity contribution in [3.63, 3.8) is 0 Å².